The highest BCUT2D eigenvalue weighted by Crippen LogP contribution is 2.24. The van der Waals surface area contributed by atoms with E-state index in [9.17, 15) is 0 Å². The fourth-order valence-corrected chi connectivity index (χ4v) is 2.21. The van der Waals surface area contributed by atoms with Gasteiger partial charge in [0.25, 0.3) is 0 Å². The van der Waals surface area contributed by atoms with Crippen LogP contribution in [-0.4, -0.2) is 16.5 Å². The molecule has 4 heteroatoms. The molecule has 21 heavy (non-hydrogen) atoms. The standard InChI is InChI=1S/C17H24N4/c1-5-11-18-16-12(2)17(21-14(4)20-16)19-13(3)15-9-7-6-8-10-15/h6-10,13H,5,11H2,1-4H3,(H2,18,19,20,21). The van der Waals surface area contributed by atoms with E-state index in [1.807, 2.05) is 13.0 Å². The molecule has 1 aromatic carbocycles. The van der Waals surface area contributed by atoms with Crippen LogP contribution in [0.15, 0.2) is 30.3 Å². The molecule has 0 amide bonds. The molecule has 1 aromatic heterocycles. The van der Waals surface area contributed by atoms with E-state index in [4.69, 9.17) is 0 Å². The van der Waals surface area contributed by atoms with Gasteiger partial charge >= 0.3 is 0 Å². The molecular weight excluding hydrogens is 260 g/mol. The Morgan fingerprint density at radius 1 is 1.05 bits per heavy atom. The van der Waals surface area contributed by atoms with Crippen LogP contribution in [-0.2, 0) is 0 Å². The first-order chi connectivity index (χ1) is 10.1. The van der Waals surface area contributed by atoms with Gasteiger partial charge in [-0.2, -0.15) is 0 Å². The highest BCUT2D eigenvalue weighted by molar-refractivity contribution is 5.58. The van der Waals surface area contributed by atoms with Gasteiger partial charge in [0.2, 0.25) is 0 Å². The lowest BCUT2D eigenvalue weighted by Gasteiger charge is -2.18. The second-order valence-electron chi connectivity index (χ2n) is 5.30. The number of hydrogen-bond donors (Lipinski definition) is 2. The molecular formula is C17H24N4. The normalized spacial score (nSPS) is 12.0. The van der Waals surface area contributed by atoms with Gasteiger partial charge in [0, 0.05) is 18.2 Å². The molecule has 1 heterocycles. The van der Waals surface area contributed by atoms with Crippen LogP contribution >= 0.6 is 0 Å². The van der Waals surface area contributed by atoms with Gasteiger partial charge in [-0.15, -0.1) is 0 Å². The van der Waals surface area contributed by atoms with E-state index in [-0.39, 0.29) is 6.04 Å². The van der Waals surface area contributed by atoms with Crippen LogP contribution in [0.4, 0.5) is 11.6 Å². The van der Waals surface area contributed by atoms with Crippen LogP contribution in [0, 0.1) is 13.8 Å². The van der Waals surface area contributed by atoms with Crippen molar-refractivity contribution in [2.45, 2.75) is 40.2 Å². The first-order valence-corrected chi connectivity index (χ1v) is 7.52. The molecule has 0 bridgehead atoms. The summed E-state index contributed by atoms with van der Waals surface area (Å²) in [4.78, 5) is 9.03. The summed E-state index contributed by atoms with van der Waals surface area (Å²) >= 11 is 0. The Kier molecular flexibility index (Phi) is 5.14. The van der Waals surface area contributed by atoms with Crippen molar-refractivity contribution in [3.63, 3.8) is 0 Å². The fraction of sp³-hybridized carbons (Fsp3) is 0.412. The summed E-state index contributed by atoms with van der Waals surface area (Å²) in [7, 11) is 0. The van der Waals surface area contributed by atoms with Gasteiger partial charge in [0.15, 0.2) is 0 Å². The van der Waals surface area contributed by atoms with Crippen molar-refractivity contribution < 1.29 is 0 Å². The second kappa shape index (κ2) is 7.07. The number of rotatable bonds is 6. The van der Waals surface area contributed by atoms with Crippen LogP contribution in [0.1, 0.15) is 43.3 Å². The average molecular weight is 284 g/mol. The van der Waals surface area contributed by atoms with E-state index < -0.39 is 0 Å². The summed E-state index contributed by atoms with van der Waals surface area (Å²) in [6.07, 6.45) is 1.08. The van der Waals surface area contributed by atoms with Crippen molar-refractivity contribution in [3.8, 4) is 0 Å². The van der Waals surface area contributed by atoms with E-state index in [1.54, 1.807) is 0 Å². The number of aromatic nitrogens is 2. The quantitative estimate of drug-likeness (QED) is 0.839. The number of benzene rings is 1. The SMILES string of the molecule is CCCNc1nc(C)nc(NC(C)c2ccccc2)c1C. The summed E-state index contributed by atoms with van der Waals surface area (Å²) in [5.74, 6) is 2.60. The molecule has 0 aliphatic rings. The minimum absolute atomic E-state index is 0.207. The number of hydrogen-bond acceptors (Lipinski definition) is 4. The van der Waals surface area contributed by atoms with Gasteiger partial charge < -0.3 is 10.6 Å². The number of nitrogens with zero attached hydrogens (tertiary/aromatic N) is 2. The zero-order chi connectivity index (χ0) is 15.2. The number of anilines is 2. The van der Waals surface area contributed by atoms with Crippen LogP contribution in [0.25, 0.3) is 0 Å². The molecule has 4 nitrogen and oxygen atoms in total. The van der Waals surface area contributed by atoms with Crippen LogP contribution in [0.5, 0.6) is 0 Å². The van der Waals surface area contributed by atoms with Crippen molar-refractivity contribution >= 4 is 11.6 Å². The molecule has 0 radical (unpaired) electrons. The van der Waals surface area contributed by atoms with E-state index in [0.29, 0.717) is 0 Å². The number of nitrogens with one attached hydrogen (secondary N) is 2. The highest BCUT2D eigenvalue weighted by Gasteiger charge is 2.12. The first-order valence-electron chi connectivity index (χ1n) is 7.52. The van der Waals surface area contributed by atoms with Gasteiger partial charge in [0.05, 0.1) is 0 Å². The highest BCUT2D eigenvalue weighted by atomic mass is 15.1. The Morgan fingerprint density at radius 3 is 2.38 bits per heavy atom. The summed E-state index contributed by atoms with van der Waals surface area (Å²) in [6.45, 7) is 9.19. The summed E-state index contributed by atoms with van der Waals surface area (Å²) in [5, 5.41) is 6.86. The zero-order valence-electron chi connectivity index (χ0n) is 13.3. The Morgan fingerprint density at radius 2 is 1.71 bits per heavy atom. The molecule has 2 aromatic rings. The monoisotopic (exact) mass is 284 g/mol. The Labute approximate surface area is 127 Å². The van der Waals surface area contributed by atoms with Gasteiger partial charge in [-0.05, 0) is 32.8 Å². The molecule has 0 aliphatic heterocycles. The Hall–Kier alpha value is -2.10. The van der Waals surface area contributed by atoms with Crippen molar-refractivity contribution in [1.29, 1.82) is 0 Å². The lowest BCUT2D eigenvalue weighted by molar-refractivity contribution is 0.860. The fourth-order valence-electron chi connectivity index (χ4n) is 2.21. The van der Waals surface area contributed by atoms with Crippen LogP contribution in [0.2, 0.25) is 0 Å². The first kappa shape index (κ1) is 15.3. The number of aryl methyl sites for hydroxylation is 1. The molecule has 2 N–H and O–H groups in total. The largest absolute Gasteiger partial charge is 0.370 e. The minimum atomic E-state index is 0.207. The van der Waals surface area contributed by atoms with Gasteiger partial charge in [-0.1, -0.05) is 37.3 Å². The Balaban J connectivity index is 2.21. The Bertz CT molecular complexity index is 581. The van der Waals surface area contributed by atoms with Crippen molar-refractivity contribution in [2.24, 2.45) is 0 Å². The molecule has 1 unspecified atom stereocenters. The van der Waals surface area contributed by atoms with E-state index in [0.717, 1.165) is 36.0 Å². The van der Waals surface area contributed by atoms with Crippen LogP contribution in [0.3, 0.4) is 0 Å². The minimum Gasteiger partial charge on any atom is -0.370 e. The molecule has 0 saturated heterocycles. The van der Waals surface area contributed by atoms with Crippen LogP contribution < -0.4 is 10.6 Å². The molecule has 0 fully saturated rings. The molecule has 0 aliphatic carbocycles. The lowest BCUT2D eigenvalue weighted by Crippen LogP contribution is -2.13. The van der Waals surface area contributed by atoms with Crippen molar-refractivity contribution in [2.75, 3.05) is 17.2 Å². The predicted octanol–water partition coefficient (Wildman–Crippen LogP) is 4.09. The third kappa shape index (κ3) is 3.94. The average Bonchev–Trinajstić information content (AvgIpc) is 2.50. The third-order valence-electron chi connectivity index (χ3n) is 3.45. The second-order valence-corrected chi connectivity index (χ2v) is 5.30. The zero-order valence-corrected chi connectivity index (χ0v) is 13.3. The molecule has 1 atom stereocenters. The van der Waals surface area contributed by atoms with E-state index >= 15 is 0 Å². The van der Waals surface area contributed by atoms with Gasteiger partial charge in [-0.25, -0.2) is 9.97 Å². The van der Waals surface area contributed by atoms with E-state index in [2.05, 4.69) is 65.6 Å². The predicted molar refractivity (Wildman–Crippen MR) is 88.8 cm³/mol. The maximum absolute atomic E-state index is 4.54. The topological polar surface area (TPSA) is 49.8 Å². The maximum atomic E-state index is 4.54. The summed E-state index contributed by atoms with van der Waals surface area (Å²) in [6, 6.07) is 10.6. The maximum Gasteiger partial charge on any atom is 0.135 e. The lowest BCUT2D eigenvalue weighted by atomic mass is 10.1. The van der Waals surface area contributed by atoms with Gasteiger partial charge in [0.1, 0.15) is 17.5 Å². The molecule has 0 saturated carbocycles. The van der Waals surface area contributed by atoms with Crippen molar-refractivity contribution in [1.82, 2.24) is 9.97 Å². The third-order valence-corrected chi connectivity index (χ3v) is 3.45. The van der Waals surface area contributed by atoms with Crippen molar-refractivity contribution in [3.05, 3.63) is 47.3 Å². The van der Waals surface area contributed by atoms with Gasteiger partial charge in [-0.3, -0.25) is 0 Å². The summed E-state index contributed by atoms with van der Waals surface area (Å²) in [5.41, 5.74) is 2.31. The molecule has 112 valence electrons. The van der Waals surface area contributed by atoms with E-state index in [1.165, 1.54) is 5.56 Å². The smallest absolute Gasteiger partial charge is 0.135 e. The molecule has 2 rings (SSSR count). The summed E-state index contributed by atoms with van der Waals surface area (Å²) < 4.78 is 0. The molecule has 0 spiro atoms.